The number of hydrogen-bond donors (Lipinski definition) is 2. The standard InChI is InChI=1S/C14H17FN4OS/c1-8(2)11(12-17-18-14(21)19(12)3)16-13(20)9-4-6-10(15)7-5-9/h4-8,11H,1-3H3,(H,16,20)(H,18,21)/t11-/m1/s1. The van der Waals surface area contributed by atoms with Gasteiger partial charge in [-0.3, -0.25) is 9.89 Å². The van der Waals surface area contributed by atoms with Crippen molar-refractivity contribution in [3.8, 4) is 0 Å². The summed E-state index contributed by atoms with van der Waals surface area (Å²) in [6.07, 6.45) is 0. The number of carbonyl (C=O) groups is 1. The zero-order chi connectivity index (χ0) is 15.6. The zero-order valence-corrected chi connectivity index (χ0v) is 12.9. The van der Waals surface area contributed by atoms with Gasteiger partial charge in [-0.15, -0.1) is 0 Å². The molecule has 112 valence electrons. The fourth-order valence-electron chi connectivity index (χ4n) is 1.99. The van der Waals surface area contributed by atoms with E-state index in [2.05, 4.69) is 15.5 Å². The number of nitrogens with one attached hydrogen (secondary N) is 2. The molecule has 0 saturated carbocycles. The Balaban J connectivity index is 2.24. The molecule has 0 unspecified atom stereocenters. The Bertz CT molecular complexity index is 690. The molecule has 0 aliphatic carbocycles. The fraction of sp³-hybridized carbons (Fsp3) is 0.357. The molecule has 21 heavy (non-hydrogen) atoms. The summed E-state index contributed by atoms with van der Waals surface area (Å²) in [6, 6.07) is 5.13. The Kier molecular flexibility index (Phi) is 4.52. The van der Waals surface area contributed by atoms with E-state index in [-0.39, 0.29) is 23.7 Å². The van der Waals surface area contributed by atoms with Crippen LogP contribution in [0, 0.1) is 16.5 Å². The van der Waals surface area contributed by atoms with E-state index in [0.717, 1.165) is 0 Å². The predicted molar refractivity (Wildman–Crippen MR) is 79.8 cm³/mol. The maximum absolute atomic E-state index is 12.9. The first kappa shape index (κ1) is 15.4. The van der Waals surface area contributed by atoms with E-state index in [1.54, 1.807) is 11.6 Å². The minimum atomic E-state index is -0.374. The Morgan fingerprint density at radius 2 is 2.00 bits per heavy atom. The van der Waals surface area contributed by atoms with Crippen LogP contribution in [0.5, 0.6) is 0 Å². The van der Waals surface area contributed by atoms with Crippen molar-refractivity contribution < 1.29 is 9.18 Å². The topological polar surface area (TPSA) is 62.7 Å². The fourth-order valence-corrected chi connectivity index (χ4v) is 2.13. The van der Waals surface area contributed by atoms with E-state index >= 15 is 0 Å². The monoisotopic (exact) mass is 308 g/mol. The van der Waals surface area contributed by atoms with Gasteiger partial charge >= 0.3 is 0 Å². The number of benzene rings is 1. The summed E-state index contributed by atoms with van der Waals surface area (Å²) >= 11 is 5.09. The van der Waals surface area contributed by atoms with Crippen LogP contribution >= 0.6 is 12.2 Å². The SMILES string of the molecule is CC(C)[C@@H](NC(=O)c1ccc(F)cc1)c1n[nH]c(=S)n1C. The van der Waals surface area contributed by atoms with E-state index in [1.165, 1.54) is 24.3 Å². The van der Waals surface area contributed by atoms with Crippen LogP contribution in [0.25, 0.3) is 0 Å². The third-order valence-corrected chi connectivity index (χ3v) is 3.62. The molecule has 1 amide bonds. The lowest BCUT2D eigenvalue weighted by Gasteiger charge is -2.21. The summed E-state index contributed by atoms with van der Waals surface area (Å²) in [5.74, 6) is 0.132. The summed E-state index contributed by atoms with van der Waals surface area (Å²) in [5, 5.41) is 9.79. The van der Waals surface area contributed by atoms with Crippen LogP contribution in [0.15, 0.2) is 24.3 Å². The van der Waals surface area contributed by atoms with Gasteiger partial charge in [0.2, 0.25) is 0 Å². The van der Waals surface area contributed by atoms with Crippen LogP contribution in [-0.2, 0) is 7.05 Å². The van der Waals surface area contributed by atoms with Gasteiger partial charge in [0.1, 0.15) is 5.82 Å². The lowest BCUT2D eigenvalue weighted by Crippen LogP contribution is -2.33. The zero-order valence-electron chi connectivity index (χ0n) is 12.1. The molecule has 1 atom stereocenters. The van der Waals surface area contributed by atoms with Gasteiger partial charge in [-0.05, 0) is 42.4 Å². The first-order valence-electron chi connectivity index (χ1n) is 6.58. The maximum Gasteiger partial charge on any atom is 0.251 e. The summed E-state index contributed by atoms with van der Waals surface area (Å²) in [6.45, 7) is 3.96. The molecule has 0 saturated heterocycles. The highest BCUT2D eigenvalue weighted by Gasteiger charge is 2.23. The van der Waals surface area contributed by atoms with Gasteiger partial charge in [-0.1, -0.05) is 13.8 Å². The molecule has 2 rings (SSSR count). The molecule has 0 radical (unpaired) electrons. The van der Waals surface area contributed by atoms with E-state index < -0.39 is 0 Å². The molecule has 1 aromatic heterocycles. The van der Waals surface area contributed by atoms with Gasteiger partial charge < -0.3 is 9.88 Å². The van der Waals surface area contributed by atoms with Crippen LogP contribution in [0.4, 0.5) is 4.39 Å². The van der Waals surface area contributed by atoms with Crippen molar-refractivity contribution in [1.29, 1.82) is 0 Å². The third-order valence-electron chi connectivity index (χ3n) is 3.25. The Hall–Kier alpha value is -2.02. The highest BCUT2D eigenvalue weighted by Crippen LogP contribution is 2.20. The van der Waals surface area contributed by atoms with Crippen molar-refractivity contribution in [3.63, 3.8) is 0 Å². The average Bonchev–Trinajstić information content (AvgIpc) is 2.76. The van der Waals surface area contributed by atoms with Crippen molar-refractivity contribution in [1.82, 2.24) is 20.1 Å². The Labute approximate surface area is 127 Å². The summed E-state index contributed by atoms with van der Waals surface area (Å²) in [7, 11) is 1.79. The smallest absolute Gasteiger partial charge is 0.251 e. The van der Waals surface area contributed by atoms with E-state index in [9.17, 15) is 9.18 Å². The van der Waals surface area contributed by atoms with Crippen LogP contribution in [0.3, 0.4) is 0 Å². The number of rotatable bonds is 4. The van der Waals surface area contributed by atoms with E-state index in [1.807, 2.05) is 13.8 Å². The highest BCUT2D eigenvalue weighted by atomic mass is 32.1. The number of amides is 1. The largest absolute Gasteiger partial charge is 0.342 e. The van der Waals surface area contributed by atoms with Gasteiger partial charge in [-0.25, -0.2) is 4.39 Å². The molecule has 1 aromatic carbocycles. The molecule has 7 heteroatoms. The van der Waals surface area contributed by atoms with E-state index in [4.69, 9.17) is 12.2 Å². The predicted octanol–water partition coefficient (Wildman–Crippen LogP) is 2.74. The number of carbonyl (C=O) groups excluding carboxylic acids is 1. The summed E-state index contributed by atoms with van der Waals surface area (Å²) in [4.78, 5) is 12.3. The Morgan fingerprint density at radius 3 is 2.48 bits per heavy atom. The second kappa shape index (κ2) is 6.17. The Morgan fingerprint density at radius 1 is 1.38 bits per heavy atom. The number of H-pyrrole nitrogens is 1. The van der Waals surface area contributed by atoms with Crippen molar-refractivity contribution >= 4 is 18.1 Å². The molecule has 0 spiro atoms. The molecule has 2 N–H and O–H groups in total. The van der Waals surface area contributed by atoms with Crippen molar-refractivity contribution in [3.05, 3.63) is 46.2 Å². The molecule has 0 aliphatic heterocycles. The number of halogens is 1. The van der Waals surface area contributed by atoms with Crippen LogP contribution in [0.1, 0.15) is 36.1 Å². The first-order valence-corrected chi connectivity index (χ1v) is 6.98. The lowest BCUT2D eigenvalue weighted by molar-refractivity contribution is 0.0922. The highest BCUT2D eigenvalue weighted by molar-refractivity contribution is 7.71. The summed E-state index contributed by atoms with van der Waals surface area (Å²) in [5.41, 5.74) is 0.402. The molecular formula is C14H17FN4OS. The molecule has 1 heterocycles. The van der Waals surface area contributed by atoms with Crippen LogP contribution in [-0.4, -0.2) is 20.7 Å². The minimum absolute atomic E-state index is 0.123. The van der Waals surface area contributed by atoms with Crippen molar-refractivity contribution in [2.24, 2.45) is 13.0 Å². The van der Waals surface area contributed by atoms with Gasteiger partial charge in [0.25, 0.3) is 5.91 Å². The van der Waals surface area contributed by atoms with Gasteiger partial charge in [0, 0.05) is 12.6 Å². The van der Waals surface area contributed by atoms with Gasteiger partial charge in [0.05, 0.1) is 6.04 Å². The molecule has 0 fully saturated rings. The quantitative estimate of drug-likeness (QED) is 0.854. The van der Waals surface area contributed by atoms with Gasteiger partial charge in [0.15, 0.2) is 10.6 Å². The number of nitrogens with zero attached hydrogens (tertiary/aromatic N) is 2. The minimum Gasteiger partial charge on any atom is -0.342 e. The number of aromatic nitrogens is 3. The average molecular weight is 308 g/mol. The van der Waals surface area contributed by atoms with E-state index in [0.29, 0.717) is 16.2 Å². The summed E-state index contributed by atoms with van der Waals surface area (Å²) < 4.78 is 15.1. The lowest BCUT2D eigenvalue weighted by atomic mass is 10.0. The molecule has 5 nitrogen and oxygen atoms in total. The first-order chi connectivity index (χ1) is 9.90. The second-order valence-electron chi connectivity index (χ2n) is 5.15. The second-order valence-corrected chi connectivity index (χ2v) is 5.53. The molecule has 2 aromatic rings. The third kappa shape index (κ3) is 3.36. The normalized spacial score (nSPS) is 12.4. The van der Waals surface area contributed by atoms with Crippen LogP contribution in [0.2, 0.25) is 0 Å². The molecular weight excluding hydrogens is 291 g/mol. The molecule has 0 bridgehead atoms. The van der Waals surface area contributed by atoms with Crippen molar-refractivity contribution in [2.75, 3.05) is 0 Å². The van der Waals surface area contributed by atoms with Crippen molar-refractivity contribution in [2.45, 2.75) is 19.9 Å². The number of aromatic amines is 1. The van der Waals surface area contributed by atoms with Gasteiger partial charge in [-0.2, -0.15) is 5.10 Å². The molecule has 0 aliphatic rings. The maximum atomic E-state index is 12.9. The van der Waals surface area contributed by atoms with Crippen LogP contribution < -0.4 is 5.32 Å². The number of hydrogen-bond acceptors (Lipinski definition) is 3.